The maximum absolute atomic E-state index is 13.0. The van der Waals surface area contributed by atoms with Crippen LogP contribution >= 0.6 is 0 Å². The molecule has 3 aliphatic rings. The van der Waals surface area contributed by atoms with Crippen LogP contribution in [0, 0.1) is 5.41 Å². The summed E-state index contributed by atoms with van der Waals surface area (Å²) in [5.74, 6) is -0.244. The van der Waals surface area contributed by atoms with Crippen molar-refractivity contribution in [2.24, 2.45) is 5.41 Å². The summed E-state index contributed by atoms with van der Waals surface area (Å²) >= 11 is 0. The smallest absolute Gasteiger partial charge is 0.406 e. The van der Waals surface area contributed by atoms with Crippen LogP contribution in [0.2, 0.25) is 0 Å². The Kier molecular flexibility index (Phi) is 10.3. The fraction of sp³-hybridized carbons (Fsp3) is 0.515. The number of nitrogens with one attached hydrogen (secondary N) is 1. The molecule has 10 heteroatoms. The number of ether oxygens (including phenoxy) is 1. The van der Waals surface area contributed by atoms with Gasteiger partial charge in [0.05, 0.1) is 17.0 Å². The number of benzene rings is 2. The third-order valence-electron chi connectivity index (χ3n) is 8.02. The van der Waals surface area contributed by atoms with Crippen LogP contribution in [0.3, 0.4) is 0 Å². The number of amides is 1. The fourth-order valence-corrected chi connectivity index (χ4v) is 6.10. The highest BCUT2D eigenvalue weighted by Crippen LogP contribution is 2.44. The van der Waals surface area contributed by atoms with Crippen LogP contribution in [0.25, 0.3) is 0 Å². The third-order valence-corrected chi connectivity index (χ3v) is 8.02. The lowest BCUT2D eigenvalue weighted by atomic mass is 9.72. The van der Waals surface area contributed by atoms with Gasteiger partial charge in [0.25, 0.3) is 5.91 Å². The number of hydrogen-bond donors (Lipinski definition) is 1. The molecule has 1 amide bonds. The summed E-state index contributed by atoms with van der Waals surface area (Å²) in [6, 6.07) is 14.4. The van der Waals surface area contributed by atoms with Gasteiger partial charge in [0.2, 0.25) is 0 Å². The number of nitrogens with zero attached hydrogens (tertiary/aromatic N) is 4. The van der Waals surface area contributed by atoms with Gasteiger partial charge in [-0.3, -0.25) is 9.48 Å². The van der Waals surface area contributed by atoms with Crippen molar-refractivity contribution >= 4 is 17.3 Å². The number of hydrogen-bond acceptors (Lipinski definition) is 5. The number of aromatic nitrogens is 2. The third kappa shape index (κ3) is 7.28. The SMILES string of the molecule is CC.CC.CCc1nn2c(c1C(=O)NCc1ccc(N3CC4(C3)CN(c3ccc(OC(F)(F)F)cc3)C4)cc1)CCCC2. The summed E-state index contributed by atoms with van der Waals surface area (Å²) in [6.45, 7) is 15.1. The van der Waals surface area contributed by atoms with Gasteiger partial charge in [-0.15, -0.1) is 13.2 Å². The molecule has 4 heterocycles. The molecule has 6 rings (SSSR count). The Morgan fingerprint density at radius 1 is 0.907 bits per heavy atom. The second kappa shape index (κ2) is 13.7. The number of fused-ring (bicyclic) bond motifs is 1. The summed E-state index contributed by atoms with van der Waals surface area (Å²) in [7, 11) is 0. The van der Waals surface area contributed by atoms with E-state index >= 15 is 0 Å². The number of halogens is 3. The molecular formula is C33H44F3N5O2. The Bertz CT molecular complexity index is 1340. The minimum atomic E-state index is -4.68. The van der Waals surface area contributed by atoms with Crippen molar-refractivity contribution in [3.05, 3.63) is 71.0 Å². The summed E-state index contributed by atoms with van der Waals surface area (Å²) in [4.78, 5) is 17.6. The average Bonchev–Trinajstić information content (AvgIpc) is 3.36. The first-order valence-corrected chi connectivity index (χ1v) is 15.5. The van der Waals surface area contributed by atoms with Crippen molar-refractivity contribution < 1.29 is 22.7 Å². The van der Waals surface area contributed by atoms with Crippen molar-refractivity contribution in [1.82, 2.24) is 15.1 Å². The van der Waals surface area contributed by atoms with Crippen LogP contribution < -0.4 is 19.9 Å². The van der Waals surface area contributed by atoms with Crippen LogP contribution in [0.4, 0.5) is 24.5 Å². The van der Waals surface area contributed by atoms with Gasteiger partial charge in [0.1, 0.15) is 5.75 Å². The standard InChI is InChI=1S/C29H32F3N5O2.2C2H6/c1-2-24-26(25-5-3-4-14-37(25)34-24)27(38)33-15-20-6-8-21(9-7-20)35-16-28(17-35)18-36(19-28)22-10-12-23(13-11-22)39-29(30,31)32;2*1-2/h6-13H,2-5,14-19H2,1H3,(H,33,38);2*1-2H3. The molecule has 2 saturated heterocycles. The van der Waals surface area contributed by atoms with Crippen LogP contribution in [-0.2, 0) is 25.9 Å². The number of carbonyl (C=O) groups excluding carboxylic acids is 1. The fourth-order valence-electron chi connectivity index (χ4n) is 6.10. The summed E-state index contributed by atoms with van der Waals surface area (Å²) < 4.78 is 43.1. The number of carbonyl (C=O) groups is 1. The predicted octanol–water partition coefficient (Wildman–Crippen LogP) is 6.99. The molecule has 0 radical (unpaired) electrons. The van der Waals surface area contributed by atoms with E-state index < -0.39 is 6.36 Å². The largest absolute Gasteiger partial charge is 0.573 e. The molecule has 2 aromatic carbocycles. The highest BCUT2D eigenvalue weighted by Gasteiger charge is 2.51. The van der Waals surface area contributed by atoms with Gasteiger partial charge < -0.3 is 19.9 Å². The highest BCUT2D eigenvalue weighted by atomic mass is 19.4. The quantitative estimate of drug-likeness (QED) is 0.317. The molecule has 1 aromatic heterocycles. The summed E-state index contributed by atoms with van der Waals surface area (Å²) in [5, 5.41) is 7.75. The molecule has 0 atom stereocenters. The second-order valence-electron chi connectivity index (χ2n) is 10.9. The second-order valence-corrected chi connectivity index (χ2v) is 10.9. The number of anilines is 2. The van der Waals surface area contributed by atoms with Crippen molar-refractivity contribution in [2.75, 3.05) is 36.0 Å². The van der Waals surface area contributed by atoms with Crippen molar-refractivity contribution in [2.45, 2.75) is 79.8 Å². The van der Waals surface area contributed by atoms with Gasteiger partial charge >= 0.3 is 6.36 Å². The van der Waals surface area contributed by atoms with E-state index in [-0.39, 0.29) is 17.1 Å². The molecule has 2 fully saturated rings. The lowest BCUT2D eigenvalue weighted by Crippen LogP contribution is -2.72. The van der Waals surface area contributed by atoms with Crippen LogP contribution in [0.5, 0.6) is 5.75 Å². The van der Waals surface area contributed by atoms with Gasteiger partial charge in [0.15, 0.2) is 0 Å². The lowest BCUT2D eigenvalue weighted by molar-refractivity contribution is -0.274. The first-order valence-electron chi connectivity index (χ1n) is 15.5. The van der Waals surface area contributed by atoms with Crippen LogP contribution in [-0.4, -0.2) is 48.2 Å². The zero-order valence-corrected chi connectivity index (χ0v) is 25.9. The molecule has 0 unspecified atom stereocenters. The van der Waals surface area contributed by atoms with Crippen LogP contribution in [0.1, 0.15) is 74.8 Å². The van der Waals surface area contributed by atoms with Crippen molar-refractivity contribution in [3.63, 3.8) is 0 Å². The Balaban J connectivity index is 0.00000102. The number of rotatable bonds is 7. The molecule has 1 spiro atoms. The summed E-state index contributed by atoms with van der Waals surface area (Å²) in [5.41, 5.74) is 6.04. The molecule has 43 heavy (non-hydrogen) atoms. The molecule has 3 aliphatic heterocycles. The minimum absolute atomic E-state index is 0.0409. The molecule has 1 N–H and O–H groups in total. The van der Waals surface area contributed by atoms with Crippen molar-refractivity contribution in [3.8, 4) is 5.75 Å². The Morgan fingerprint density at radius 3 is 2.00 bits per heavy atom. The number of alkyl halides is 3. The minimum Gasteiger partial charge on any atom is -0.406 e. The van der Waals surface area contributed by atoms with E-state index in [9.17, 15) is 18.0 Å². The van der Waals surface area contributed by atoms with E-state index in [1.807, 2.05) is 39.3 Å². The average molecular weight is 600 g/mol. The first-order chi connectivity index (χ1) is 20.7. The maximum Gasteiger partial charge on any atom is 0.573 e. The molecule has 7 nitrogen and oxygen atoms in total. The van der Waals surface area contributed by atoms with E-state index in [2.05, 4.69) is 49.2 Å². The van der Waals surface area contributed by atoms with E-state index in [4.69, 9.17) is 0 Å². The van der Waals surface area contributed by atoms with Gasteiger partial charge in [-0.25, -0.2) is 0 Å². The number of aryl methyl sites for hydroxylation is 2. The van der Waals surface area contributed by atoms with Gasteiger partial charge in [-0.2, -0.15) is 5.10 Å². The molecule has 0 saturated carbocycles. The Labute approximate surface area is 253 Å². The maximum atomic E-state index is 13.0. The Morgan fingerprint density at radius 2 is 1.47 bits per heavy atom. The van der Waals surface area contributed by atoms with E-state index in [1.54, 1.807) is 12.1 Å². The molecule has 0 aliphatic carbocycles. The van der Waals surface area contributed by atoms with E-state index in [1.165, 1.54) is 12.1 Å². The van der Waals surface area contributed by atoms with Crippen molar-refractivity contribution in [1.29, 1.82) is 0 Å². The molecule has 234 valence electrons. The predicted molar refractivity (Wildman–Crippen MR) is 165 cm³/mol. The molecule has 3 aromatic rings. The summed E-state index contributed by atoms with van der Waals surface area (Å²) in [6.07, 6.45) is -0.818. The zero-order valence-electron chi connectivity index (χ0n) is 25.9. The van der Waals surface area contributed by atoms with Gasteiger partial charge in [-0.05, 0) is 67.6 Å². The normalized spacial score (nSPS) is 16.5. The first kappa shape index (κ1) is 32.2. The van der Waals surface area contributed by atoms with Gasteiger partial charge in [-0.1, -0.05) is 46.8 Å². The topological polar surface area (TPSA) is 62.6 Å². The van der Waals surface area contributed by atoms with E-state index in [0.29, 0.717) is 6.54 Å². The van der Waals surface area contributed by atoms with Gasteiger partial charge in [0, 0.05) is 56.1 Å². The highest BCUT2D eigenvalue weighted by molar-refractivity contribution is 5.96. The van der Waals surface area contributed by atoms with E-state index in [0.717, 1.165) is 92.3 Å². The van der Waals surface area contributed by atoms with Crippen LogP contribution in [0.15, 0.2) is 48.5 Å². The zero-order chi connectivity index (χ0) is 31.2. The Hall–Kier alpha value is -3.69. The molecular weight excluding hydrogens is 555 g/mol. The molecule has 0 bridgehead atoms. The lowest BCUT2D eigenvalue weighted by Gasteiger charge is -2.61. The monoisotopic (exact) mass is 599 g/mol.